The Morgan fingerprint density at radius 3 is 2.59 bits per heavy atom. The first-order valence-electron chi connectivity index (χ1n) is 8.05. The molecular formula is C17H23ClN2O2. The van der Waals surface area contributed by atoms with Gasteiger partial charge in [0.05, 0.1) is 6.10 Å². The number of hydrogen-bond donors (Lipinski definition) is 1. The predicted octanol–water partition coefficient (Wildman–Crippen LogP) is 2.38. The Bertz CT molecular complexity index is 576. The molecule has 0 aliphatic carbocycles. The van der Waals surface area contributed by atoms with Crippen LogP contribution in [0.1, 0.15) is 30.4 Å². The fourth-order valence-electron chi connectivity index (χ4n) is 3.59. The van der Waals surface area contributed by atoms with Gasteiger partial charge in [-0.1, -0.05) is 17.7 Å². The van der Waals surface area contributed by atoms with Crippen molar-refractivity contribution in [2.75, 3.05) is 31.1 Å². The first-order chi connectivity index (χ1) is 10.6. The third-order valence-electron chi connectivity index (χ3n) is 4.67. The number of fused-ring (bicyclic) bond motifs is 1. The van der Waals surface area contributed by atoms with Crippen LogP contribution in [0.5, 0.6) is 0 Å². The molecule has 120 valence electrons. The van der Waals surface area contributed by atoms with Crippen LogP contribution in [0.2, 0.25) is 5.02 Å². The standard InChI is InChI=1S/C17H23ClN2O2/c1-12-15(18)7-6-13-4-2-9-20(17(12)13)11-14(21)10-19-8-3-5-16(19)22/h6-7,14,21H,2-5,8-11H2,1H3. The summed E-state index contributed by atoms with van der Waals surface area (Å²) in [6.45, 7) is 4.73. The van der Waals surface area contributed by atoms with Crippen LogP contribution in [0, 0.1) is 6.92 Å². The summed E-state index contributed by atoms with van der Waals surface area (Å²) < 4.78 is 0. The molecule has 0 bridgehead atoms. The normalized spacial score (nSPS) is 19.5. The summed E-state index contributed by atoms with van der Waals surface area (Å²) in [5.41, 5.74) is 3.56. The van der Waals surface area contributed by atoms with Crippen molar-refractivity contribution in [3.63, 3.8) is 0 Å². The summed E-state index contributed by atoms with van der Waals surface area (Å²) in [4.78, 5) is 15.7. The van der Waals surface area contributed by atoms with Crippen molar-refractivity contribution in [1.82, 2.24) is 4.90 Å². The van der Waals surface area contributed by atoms with Gasteiger partial charge in [0.15, 0.2) is 0 Å². The van der Waals surface area contributed by atoms with Crippen LogP contribution in [-0.4, -0.2) is 48.2 Å². The second-order valence-electron chi connectivity index (χ2n) is 6.33. The zero-order valence-corrected chi connectivity index (χ0v) is 13.8. The zero-order chi connectivity index (χ0) is 15.7. The van der Waals surface area contributed by atoms with Crippen molar-refractivity contribution in [3.8, 4) is 0 Å². The fraction of sp³-hybridized carbons (Fsp3) is 0.588. The van der Waals surface area contributed by atoms with Gasteiger partial charge in [0.1, 0.15) is 0 Å². The smallest absolute Gasteiger partial charge is 0.222 e. The van der Waals surface area contributed by atoms with Crippen LogP contribution < -0.4 is 4.90 Å². The van der Waals surface area contributed by atoms with Gasteiger partial charge in [-0.25, -0.2) is 0 Å². The second kappa shape index (κ2) is 6.47. The molecule has 3 rings (SSSR count). The van der Waals surface area contributed by atoms with Crippen molar-refractivity contribution >= 4 is 23.2 Å². The highest BCUT2D eigenvalue weighted by molar-refractivity contribution is 6.31. The zero-order valence-electron chi connectivity index (χ0n) is 13.0. The number of likely N-dealkylation sites (tertiary alicyclic amines) is 1. The molecule has 4 nitrogen and oxygen atoms in total. The minimum absolute atomic E-state index is 0.164. The molecule has 1 amide bonds. The highest BCUT2D eigenvalue weighted by Crippen LogP contribution is 2.34. The molecule has 1 N–H and O–H groups in total. The molecule has 1 saturated heterocycles. The van der Waals surface area contributed by atoms with E-state index in [-0.39, 0.29) is 5.91 Å². The molecule has 2 aliphatic heterocycles. The van der Waals surface area contributed by atoms with Gasteiger partial charge < -0.3 is 14.9 Å². The van der Waals surface area contributed by atoms with Gasteiger partial charge in [0.25, 0.3) is 0 Å². The number of β-amino-alcohol motifs (C(OH)–C–C–N with tert-alkyl or cyclic N) is 1. The summed E-state index contributed by atoms with van der Waals surface area (Å²) in [6.07, 6.45) is 3.15. The summed E-state index contributed by atoms with van der Waals surface area (Å²) >= 11 is 6.26. The number of amides is 1. The van der Waals surface area contributed by atoms with E-state index in [1.165, 1.54) is 11.3 Å². The van der Waals surface area contributed by atoms with Crippen LogP contribution in [0.25, 0.3) is 0 Å². The summed E-state index contributed by atoms with van der Waals surface area (Å²) in [7, 11) is 0. The molecule has 1 unspecified atom stereocenters. The fourth-order valence-corrected chi connectivity index (χ4v) is 3.74. The number of aliphatic hydroxyl groups excluding tert-OH is 1. The van der Waals surface area contributed by atoms with E-state index >= 15 is 0 Å². The summed E-state index contributed by atoms with van der Waals surface area (Å²) in [6, 6.07) is 4.05. The van der Waals surface area contributed by atoms with E-state index in [2.05, 4.69) is 11.0 Å². The molecule has 0 spiro atoms. The maximum atomic E-state index is 11.7. The Hall–Kier alpha value is -1.26. The third-order valence-corrected chi connectivity index (χ3v) is 5.08. The molecule has 1 atom stereocenters. The molecule has 0 aromatic heterocycles. The van der Waals surface area contributed by atoms with Crippen LogP contribution in [-0.2, 0) is 11.2 Å². The Morgan fingerprint density at radius 1 is 1.18 bits per heavy atom. The molecule has 0 saturated carbocycles. The minimum Gasteiger partial charge on any atom is -0.389 e. The van der Waals surface area contributed by atoms with Crippen molar-refractivity contribution in [1.29, 1.82) is 0 Å². The summed E-state index contributed by atoms with van der Waals surface area (Å²) in [5, 5.41) is 11.2. The van der Waals surface area contributed by atoms with E-state index in [1.807, 2.05) is 13.0 Å². The number of nitrogens with zero attached hydrogens (tertiary/aromatic N) is 2. The predicted molar refractivity (Wildman–Crippen MR) is 88.5 cm³/mol. The lowest BCUT2D eigenvalue weighted by Crippen LogP contribution is -2.42. The quantitative estimate of drug-likeness (QED) is 0.925. The van der Waals surface area contributed by atoms with Crippen LogP contribution in [0.4, 0.5) is 5.69 Å². The van der Waals surface area contributed by atoms with E-state index in [9.17, 15) is 9.90 Å². The lowest BCUT2D eigenvalue weighted by Gasteiger charge is -2.35. The van der Waals surface area contributed by atoms with Gasteiger partial charge >= 0.3 is 0 Å². The Morgan fingerprint density at radius 2 is 1.86 bits per heavy atom. The van der Waals surface area contributed by atoms with Crippen molar-refractivity contribution in [2.45, 2.75) is 38.7 Å². The number of aryl methyl sites for hydroxylation is 1. The number of carbonyl (C=O) groups is 1. The van der Waals surface area contributed by atoms with E-state index in [0.29, 0.717) is 19.5 Å². The number of rotatable bonds is 4. The highest BCUT2D eigenvalue weighted by Gasteiger charge is 2.26. The molecule has 2 heterocycles. The van der Waals surface area contributed by atoms with Crippen LogP contribution in [0.3, 0.4) is 0 Å². The number of benzene rings is 1. The van der Waals surface area contributed by atoms with Gasteiger partial charge in [0, 0.05) is 43.3 Å². The average molecular weight is 323 g/mol. The highest BCUT2D eigenvalue weighted by atomic mass is 35.5. The molecule has 5 heteroatoms. The number of anilines is 1. The van der Waals surface area contributed by atoms with Crippen LogP contribution >= 0.6 is 11.6 Å². The monoisotopic (exact) mass is 322 g/mol. The maximum absolute atomic E-state index is 11.7. The van der Waals surface area contributed by atoms with Crippen molar-refractivity contribution < 1.29 is 9.90 Å². The first-order valence-corrected chi connectivity index (χ1v) is 8.43. The van der Waals surface area contributed by atoms with E-state index in [0.717, 1.165) is 42.9 Å². The average Bonchev–Trinajstić information content (AvgIpc) is 2.88. The number of halogens is 1. The largest absolute Gasteiger partial charge is 0.389 e. The maximum Gasteiger partial charge on any atom is 0.222 e. The van der Waals surface area contributed by atoms with Crippen molar-refractivity contribution in [3.05, 3.63) is 28.3 Å². The topological polar surface area (TPSA) is 43.8 Å². The number of aliphatic hydroxyl groups is 1. The Balaban J connectivity index is 1.71. The molecule has 1 aromatic carbocycles. The van der Waals surface area contributed by atoms with Gasteiger partial charge in [-0.2, -0.15) is 0 Å². The van der Waals surface area contributed by atoms with Crippen LogP contribution in [0.15, 0.2) is 12.1 Å². The first kappa shape index (κ1) is 15.6. The number of hydrogen-bond acceptors (Lipinski definition) is 3. The molecular weight excluding hydrogens is 300 g/mol. The molecule has 2 aliphatic rings. The van der Waals surface area contributed by atoms with Crippen molar-refractivity contribution in [2.24, 2.45) is 0 Å². The Kier molecular flexibility index (Phi) is 4.59. The van der Waals surface area contributed by atoms with Gasteiger partial charge in [-0.3, -0.25) is 4.79 Å². The lowest BCUT2D eigenvalue weighted by atomic mass is 9.98. The third kappa shape index (κ3) is 3.08. The number of carbonyl (C=O) groups excluding carboxylic acids is 1. The van der Waals surface area contributed by atoms with Gasteiger partial charge in [-0.15, -0.1) is 0 Å². The minimum atomic E-state index is -0.522. The SMILES string of the molecule is Cc1c(Cl)ccc2c1N(CC(O)CN1CCCC1=O)CCC2. The van der Waals surface area contributed by atoms with Gasteiger partial charge in [0.2, 0.25) is 5.91 Å². The lowest BCUT2D eigenvalue weighted by molar-refractivity contribution is -0.128. The summed E-state index contributed by atoms with van der Waals surface area (Å²) in [5.74, 6) is 0.164. The molecule has 1 aromatic rings. The molecule has 1 fully saturated rings. The van der Waals surface area contributed by atoms with E-state index in [1.54, 1.807) is 4.90 Å². The Labute approximate surface area is 136 Å². The van der Waals surface area contributed by atoms with Gasteiger partial charge in [-0.05, 0) is 43.4 Å². The molecule has 0 radical (unpaired) electrons. The molecule has 22 heavy (non-hydrogen) atoms. The van der Waals surface area contributed by atoms with E-state index in [4.69, 9.17) is 11.6 Å². The van der Waals surface area contributed by atoms with E-state index < -0.39 is 6.10 Å². The second-order valence-corrected chi connectivity index (χ2v) is 6.73.